The lowest BCUT2D eigenvalue weighted by Crippen LogP contribution is -2.34. The Morgan fingerprint density at radius 2 is 1.43 bits per heavy atom. The maximum absolute atomic E-state index is 12.8. The van der Waals surface area contributed by atoms with Gasteiger partial charge in [-0.3, -0.25) is 4.79 Å². The highest BCUT2D eigenvalue weighted by Crippen LogP contribution is 2.37. The molecule has 1 atom stereocenters. The zero-order valence-electron chi connectivity index (χ0n) is 14.6. The quantitative estimate of drug-likeness (QED) is 0.850. The molecule has 1 N–H and O–H groups in total. The molecule has 1 aromatic carbocycles. The predicted octanol–water partition coefficient (Wildman–Crippen LogP) is 4.54. The van der Waals surface area contributed by atoms with Crippen LogP contribution in [-0.2, 0) is 0 Å². The molecule has 0 bridgehead atoms. The van der Waals surface area contributed by atoms with E-state index in [0.29, 0.717) is 11.5 Å². The number of hydrogen-bond acceptors (Lipinski definition) is 1. The van der Waals surface area contributed by atoms with Gasteiger partial charge in [-0.05, 0) is 87.1 Å². The molecule has 0 radical (unpaired) electrons. The Kier molecular flexibility index (Phi) is 4.19. The highest BCUT2D eigenvalue weighted by molar-refractivity contribution is 5.98. The Morgan fingerprint density at radius 3 is 1.86 bits per heavy atom. The smallest absolute Gasteiger partial charge is 0.252 e. The summed E-state index contributed by atoms with van der Waals surface area (Å²) in [6.07, 6.45) is 3.38. The second kappa shape index (κ2) is 5.47. The van der Waals surface area contributed by atoms with Crippen LogP contribution < -0.4 is 5.32 Å². The summed E-state index contributed by atoms with van der Waals surface area (Å²) in [5.74, 6) is 0.110. The van der Waals surface area contributed by atoms with Crippen LogP contribution in [0.1, 0.15) is 71.3 Å². The van der Waals surface area contributed by atoms with E-state index < -0.39 is 0 Å². The van der Waals surface area contributed by atoms with E-state index in [0.717, 1.165) is 29.5 Å². The minimum absolute atomic E-state index is 0.110. The number of carbonyl (C=O) groups is 1. The summed E-state index contributed by atoms with van der Waals surface area (Å²) >= 11 is 0. The zero-order chi connectivity index (χ0) is 15.9. The molecule has 1 aliphatic carbocycles. The molecule has 2 rings (SSSR count). The van der Waals surface area contributed by atoms with Gasteiger partial charge in [0.2, 0.25) is 0 Å². The van der Waals surface area contributed by atoms with Gasteiger partial charge in [-0.1, -0.05) is 13.8 Å². The Morgan fingerprint density at radius 1 is 0.952 bits per heavy atom. The molecule has 0 spiro atoms. The average Bonchev–Trinajstić information content (AvgIpc) is 2.73. The van der Waals surface area contributed by atoms with Gasteiger partial charge in [0.05, 0.1) is 0 Å². The van der Waals surface area contributed by atoms with E-state index in [1.165, 1.54) is 23.1 Å². The third-order valence-corrected chi connectivity index (χ3v) is 5.53. The topological polar surface area (TPSA) is 29.1 Å². The average molecular weight is 287 g/mol. The maximum atomic E-state index is 12.8. The van der Waals surface area contributed by atoms with Crippen LogP contribution in [-0.4, -0.2) is 11.9 Å². The van der Waals surface area contributed by atoms with Crippen molar-refractivity contribution in [3.8, 4) is 0 Å². The van der Waals surface area contributed by atoms with Crippen molar-refractivity contribution in [3.63, 3.8) is 0 Å². The van der Waals surface area contributed by atoms with Crippen molar-refractivity contribution in [3.05, 3.63) is 33.4 Å². The van der Waals surface area contributed by atoms with Gasteiger partial charge in [-0.2, -0.15) is 0 Å². The van der Waals surface area contributed by atoms with Gasteiger partial charge in [0.25, 0.3) is 5.91 Å². The predicted molar refractivity (Wildman–Crippen MR) is 89.0 cm³/mol. The van der Waals surface area contributed by atoms with Gasteiger partial charge in [0.15, 0.2) is 0 Å². The van der Waals surface area contributed by atoms with Crippen LogP contribution >= 0.6 is 0 Å². The molecule has 1 saturated carbocycles. The summed E-state index contributed by atoms with van der Waals surface area (Å²) in [5, 5.41) is 3.27. The lowest BCUT2D eigenvalue weighted by atomic mass is 9.89. The molecule has 1 amide bonds. The maximum Gasteiger partial charge on any atom is 0.252 e. The molecule has 2 heteroatoms. The summed E-state index contributed by atoms with van der Waals surface area (Å²) in [6, 6.07) is 0.327. The summed E-state index contributed by atoms with van der Waals surface area (Å²) in [6.45, 7) is 15.1. The van der Waals surface area contributed by atoms with Crippen LogP contribution in [0, 0.1) is 40.0 Å². The van der Waals surface area contributed by atoms with Crippen LogP contribution in [0.4, 0.5) is 0 Å². The largest absolute Gasteiger partial charge is 0.349 e. The number of benzene rings is 1. The SMILES string of the molecule is Cc1c(C)c(C)c(C(=O)NC2CCC(C)(C)C2)c(C)c1C. The lowest BCUT2D eigenvalue weighted by molar-refractivity contribution is 0.0934. The van der Waals surface area contributed by atoms with Gasteiger partial charge in [-0.15, -0.1) is 0 Å². The van der Waals surface area contributed by atoms with Crippen molar-refractivity contribution in [1.82, 2.24) is 5.32 Å². The van der Waals surface area contributed by atoms with Gasteiger partial charge in [0.1, 0.15) is 0 Å². The normalized spacial score (nSPS) is 20.6. The first-order valence-electron chi connectivity index (χ1n) is 8.02. The molecule has 1 aliphatic rings. The van der Waals surface area contributed by atoms with Crippen LogP contribution in [0.3, 0.4) is 0 Å². The standard InChI is InChI=1S/C19H29NO/c1-11-12(2)14(4)17(15(5)13(11)3)18(21)20-16-8-9-19(6,7)10-16/h16H,8-10H2,1-7H3,(H,20,21). The first-order chi connectivity index (χ1) is 9.64. The van der Waals surface area contributed by atoms with Gasteiger partial charge >= 0.3 is 0 Å². The van der Waals surface area contributed by atoms with E-state index in [2.05, 4.69) is 53.8 Å². The second-order valence-corrected chi connectivity index (χ2v) is 7.58. The van der Waals surface area contributed by atoms with Gasteiger partial charge in [-0.25, -0.2) is 0 Å². The van der Waals surface area contributed by atoms with E-state index in [9.17, 15) is 4.79 Å². The van der Waals surface area contributed by atoms with E-state index in [1.54, 1.807) is 0 Å². The zero-order valence-corrected chi connectivity index (χ0v) is 14.6. The van der Waals surface area contributed by atoms with Gasteiger partial charge in [0, 0.05) is 11.6 Å². The van der Waals surface area contributed by atoms with Crippen molar-refractivity contribution < 1.29 is 4.79 Å². The molecule has 0 heterocycles. The molecule has 0 aromatic heterocycles. The number of amides is 1. The molecule has 1 unspecified atom stereocenters. The third-order valence-electron chi connectivity index (χ3n) is 5.53. The molecular weight excluding hydrogens is 258 g/mol. The molecule has 0 saturated heterocycles. The fourth-order valence-corrected chi connectivity index (χ4v) is 3.66. The molecule has 1 aromatic rings. The van der Waals surface area contributed by atoms with Crippen LogP contribution in [0.5, 0.6) is 0 Å². The monoisotopic (exact) mass is 287 g/mol. The minimum atomic E-state index is 0.110. The Balaban J connectivity index is 2.28. The van der Waals surface area contributed by atoms with Crippen molar-refractivity contribution in [2.75, 3.05) is 0 Å². The summed E-state index contributed by atoms with van der Waals surface area (Å²) < 4.78 is 0. The fourth-order valence-electron chi connectivity index (χ4n) is 3.66. The minimum Gasteiger partial charge on any atom is -0.349 e. The number of hydrogen-bond donors (Lipinski definition) is 1. The Labute approximate surface area is 129 Å². The summed E-state index contributed by atoms with van der Waals surface area (Å²) in [5.41, 5.74) is 7.31. The van der Waals surface area contributed by atoms with Crippen LogP contribution in [0.15, 0.2) is 0 Å². The van der Waals surface area contributed by atoms with E-state index in [4.69, 9.17) is 0 Å². The van der Waals surface area contributed by atoms with Crippen molar-refractivity contribution >= 4 is 5.91 Å². The van der Waals surface area contributed by atoms with Crippen molar-refractivity contribution in [2.24, 2.45) is 5.41 Å². The molecule has 116 valence electrons. The molecular formula is C19H29NO. The molecule has 21 heavy (non-hydrogen) atoms. The molecule has 1 fully saturated rings. The fraction of sp³-hybridized carbons (Fsp3) is 0.632. The number of rotatable bonds is 2. The third kappa shape index (κ3) is 3.00. The van der Waals surface area contributed by atoms with Crippen molar-refractivity contribution in [1.29, 1.82) is 0 Å². The first kappa shape index (κ1) is 16.1. The highest BCUT2D eigenvalue weighted by Gasteiger charge is 2.32. The highest BCUT2D eigenvalue weighted by atomic mass is 16.1. The number of nitrogens with one attached hydrogen (secondary N) is 1. The van der Waals surface area contributed by atoms with E-state index >= 15 is 0 Å². The Hall–Kier alpha value is -1.31. The lowest BCUT2D eigenvalue weighted by Gasteiger charge is -2.21. The number of carbonyl (C=O) groups excluding carboxylic acids is 1. The van der Waals surface area contributed by atoms with Gasteiger partial charge < -0.3 is 5.32 Å². The first-order valence-corrected chi connectivity index (χ1v) is 8.02. The Bertz CT molecular complexity index is 555. The summed E-state index contributed by atoms with van der Waals surface area (Å²) in [4.78, 5) is 12.8. The molecule has 2 nitrogen and oxygen atoms in total. The van der Waals surface area contributed by atoms with Crippen molar-refractivity contribution in [2.45, 2.75) is 73.8 Å². The van der Waals surface area contributed by atoms with E-state index in [1.807, 2.05) is 0 Å². The summed E-state index contributed by atoms with van der Waals surface area (Å²) in [7, 11) is 0. The van der Waals surface area contributed by atoms with Crippen LogP contribution in [0.2, 0.25) is 0 Å². The molecule has 0 aliphatic heterocycles. The second-order valence-electron chi connectivity index (χ2n) is 7.58. The van der Waals surface area contributed by atoms with Crippen LogP contribution in [0.25, 0.3) is 0 Å². The van der Waals surface area contributed by atoms with E-state index in [-0.39, 0.29) is 5.91 Å².